The number of rotatable bonds is 3. The molecule has 0 amide bonds. The van der Waals surface area contributed by atoms with E-state index in [0.29, 0.717) is 5.92 Å². The van der Waals surface area contributed by atoms with Gasteiger partial charge in [0.2, 0.25) is 0 Å². The highest BCUT2D eigenvalue weighted by atomic mass is 14.7. The molecule has 2 heterocycles. The van der Waals surface area contributed by atoms with E-state index >= 15 is 0 Å². The Morgan fingerprint density at radius 3 is 3.14 bits per heavy atom. The van der Waals surface area contributed by atoms with Gasteiger partial charge in [-0.05, 0) is 24.5 Å². The van der Waals surface area contributed by atoms with E-state index in [9.17, 15) is 0 Å². The number of hydrogen-bond donors (Lipinski definition) is 1. The standard InChI is InChI=1S/C12H16N2/c1-3-4-9(2)11-7-12-10(8-14-11)5-6-13-12/h5-9,13H,3-4H2,1-2H3. The SMILES string of the molecule is CCCC(C)c1cc2[nH]ccc2cn1. The highest BCUT2D eigenvalue weighted by Crippen LogP contribution is 2.21. The van der Waals surface area contributed by atoms with Crippen molar-refractivity contribution in [3.05, 3.63) is 30.2 Å². The molecule has 74 valence electrons. The summed E-state index contributed by atoms with van der Waals surface area (Å²) in [6, 6.07) is 4.21. The highest BCUT2D eigenvalue weighted by molar-refractivity contribution is 5.78. The molecule has 0 fully saturated rings. The summed E-state index contributed by atoms with van der Waals surface area (Å²) in [4.78, 5) is 7.69. The second kappa shape index (κ2) is 3.82. The molecule has 0 aliphatic heterocycles. The van der Waals surface area contributed by atoms with Crippen molar-refractivity contribution in [1.82, 2.24) is 9.97 Å². The lowest BCUT2D eigenvalue weighted by atomic mass is 10.0. The molecule has 0 aromatic carbocycles. The molecule has 2 rings (SSSR count). The van der Waals surface area contributed by atoms with Crippen LogP contribution in [0.3, 0.4) is 0 Å². The van der Waals surface area contributed by atoms with E-state index in [1.165, 1.54) is 29.4 Å². The summed E-state index contributed by atoms with van der Waals surface area (Å²) >= 11 is 0. The van der Waals surface area contributed by atoms with Crippen LogP contribution in [-0.2, 0) is 0 Å². The normalized spacial score (nSPS) is 13.3. The molecule has 1 unspecified atom stereocenters. The van der Waals surface area contributed by atoms with Gasteiger partial charge in [0.1, 0.15) is 0 Å². The van der Waals surface area contributed by atoms with Gasteiger partial charge in [-0.2, -0.15) is 0 Å². The first kappa shape index (κ1) is 9.25. The van der Waals surface area contributed by atoms with Gasteiger partial charge < -0.3 is 4.98 Å². The summed E-state index contributed by atoms with van der Waals surface area (Å²) in [5, 5.41) is 1.19. The molecule has 2 aromatic rings. The smallest absolute Gasteiger partial charge is 0.0487 e. The van der Waals surface area contributed by atoms with Crippen LogP contribution >= 0.6 is 0 Å². The van der Waals surface area contributed by atoms with Crippen LogP contribution in [0.5, 0.6) is 0 Å². The Morgan fingerprint density at radius 1 is 1.50 bits per heavy atom. The zero-order chi connectivity index (χ0) is 9.97. The Labute approximate surface area is 84.4 Å². The summed E-state index contributed by atoms with van der Waals surface area (Å²) < 4.78 is 0. The largest absolute Gasteiger partial charge is 0.361 e. The first-order valence-corrected chi connectivity index (χ1v) is 5.24. The van der Waals surface area contributed by atoms with Gasteiger partial charge >= 0.3 is 0 Å². The zero-order valence-electron chi connectivity index (χ0n) is 8.75. The molecule has 1 atom stereocenters. The first-order valence-electron chi connectivity index (χ1n) is 5.24. The van der Waals surface area contributed by atoms with Crippen LogP contribution in [0, 0.1) is 0 Å². The number of fused-ring (bicyclic) bond motifs is 1. The average Bonchev–Trinajstić information content (AvgIpc) is 2.64. The first-order chi connectivity index (χ1) is 6.81. The Morgan fingerprint density at radius 2 is 2.36 bits per heavy atom. The molecular weight excluding hydrogens is 172 g/mol. The number of pyridine rings is 1. The zero-order valence-corrected chi connectivity index (χ0v) is 8.75. The third-order valence-corrected chi connectivity index (χ3v) is 2.68. The molecule has 0 bridgehead atoms. The summed E-state index contributed by atoms with van der Waals surface area (Å²) in [7, 11) is 0. The van der Waals surface area contributed by atoms with Crippen LogP contribution in [0.25, 0.3) is 10.9 Å². The molecule has 2 nitrogen and oxygen atoms in total. The van der Waals surface area contributed by atoms with Crippen molar-refractivity contribution in [3.8, 4) is 0 Å². The van der Waals surface area contributed by atoms with Gasteiger partial charge in [0.05, 0.1) is 0 Å². The van der Waals surface area contributed by atoms with Gasteiger partial charge in [-0.3, -0.25) is 4.98 Å². The van der Waals surface area contributed by atoms with Crippen LogP contribution in [-0.4, -0.2) is 9.97 Å². The van der Waals surface area contributed by atoms with Crippen molar-refractivity contribution in [1.29, 1.82) is 0 Å². The van der Waals surface area contributed by atoms with E-state index in [1.807, 2.05) is 12.4 Å². The molecule has 2 heteroatoms. The minimum atomic E-state index is 0.563. The molecule has 0 spiro atoms. The fourth-order valence-electron chi connectivity index (χ4n) is 1.81. The molecule has 0 aliphatic rings. The van der Waals surface area contributed by atoms with E-state index in [4.69, 9.17) is 0 Å². The number of nitrogens with zero attached hydrogens (tertiary/aromatic N) is 1. The lowest BCUT2D eigenvalue weighted by Crippen LogP contribution is -1.95. The number of hydrogen-bond acceptors (Lipinski definition) is 1. The lowest BCUT2D eigenvalue weighted by Gasteiger charge is -2.08. The van der Waals surface area contributed by atoms with Crippen molar-refractivity contribution in [2.75, 3.05) is 0 Å². The molecule has 2 aromatic heterocycles. The second-order valence-corrected chi connectivity index (χ2v) is 3.86. The van der Waals surface area contributed by atoms with Crippen LogP contribution in [0.2, 0.25) is 0 Å². The second-order valence-electron chi connectivity index (χ2n) is 3.86. The van der Waals surface area contributed by atoms with Crippen molar-refractivity contribution in [3.63, 3.8) is 0 Å². The summed E-state index contributed by atoms with van der Waals surface area (Å²) in [5.74, 6) is 0.563. The third kappa shape index (κ3) is 1.65. The fraction of sp³-hybridized carbons (Fsp3) is 0.417. The monoisotopic (exact) mass is 188 g/mol. The molecule has 0 radical (unpaired) electrons. The van der Waals surface area contributed by atoms with E-state index in [-0.39, 0.29) is 0 Å². The summed E-state index contributed by atoms with van der Waals surface area (Å²) in [6.45, 7) is 4.45. The van der Waals surface area contributed by atoms with Crippen molar-refractivity contribution in [2.24, 2.45) is 0 Å². The van der Waals surface area contributed by atoms with Crippen LogP contribution in [0.4, 0.5) is 0 Å². The predicted molar refractivity (Wildman–Crippen MR) is 59.4 cm³/mol. The minimum absolute atomic E-state index is 0.563. The number of nitrogens with one attached hydrogen (secondary N) is 1. The van der Waals surface area contributed by atoms with Gasteiger partial charge in [0.15, 0.2) is 0 Å². The van der Waals surface area contributed by atoms with Crippen LogP contribution < -0.4 is 0 Å². The van der Waals surface area contributed by atoms with Gasteiger partial charge in [-0.15, -0.1) is 0 Å². The minimum Gasteiger partial charge on any atom is -0.361 e. The third-order valence-electron chi connectivity index (χ3n) is 2.68. The predicted octanol–water partition coefficient (Wildman–Crippen LogP) is 3.47. The van der Waals surface area contributed by atoms with Crippen LogP contribution in [0.1, 0.15) is 38.3 Å². The molecule has 14 heavy (non-hydrogen) atoms. The number of H-pyrrole nitrogens is 1. The van der Waals surface area contributed by atoms with Gasteiger partial charge in [-0.25, -0.2) is 0 Å². The maximum Gasteiger partial charge on any atom is 0.0487 e. The van der Waals surface area contributed by atoms with E-state index in [2.05, 4.69) is 35.9 Å². The molecule has 0 saturated heterocycles. The lowest BCUT2D eigenvalue weighted by molar-refractivity contribution is 0.648. The van der Waals surface area contributed by atoms with E-state index in [1.54, 1.807) is 0 Å². The van der Waals surface area contributed by atoms with Gasteiger partial charge in [-0.1, -0.05) is 20.3 Å². The van der Waals surface area contributed by atoms with E-state index in [0.717, 1.165) is 0 Å². The summed E-state index contributed by atoms with van der Waals surface area (Å²) in [5.41, 5.74) is 2.39. The molecule has 1 N–H and O–H groups in total. The molecular formula is C12H16N2. The van der Waals surface area contributed by atoms with Gasteiger partial charge in [0.25, 0.3) is 0 Å². The number of aromatic nitrogens is 2. The van der Waals surface area contributed by atoms with E-state index < -0.39 is 0 Å². The Bertz CT molecular complexity index is 417. The molecule has 0 aliphatic carbocycles. The maximum absolute atomic E-state index is 4.48. The van der Waals surface area contributed by atoms with Crippen molar-refractivity contribution in [2.45, 2.75) is 32.6 Å². The molecule has 0 saturated carbocycles. The topological polar surface area (TPSA) is 28.7 Å². The Balaban J connectivity index is 2.33. The highest BCUT2D eigenvalue weighted by Gasteiger charge is 2.06. The Hall–Kier alpha value is -1.31. The van der Waals surface area contributed by atoms with Crippen LogP contribution in [0.15, 0.2) is 24.5 Å². The average molecular weight is 188 g/mol. The summed E-state index contributed by atoms with van der Waals surface area (Å²) in [6.07, 6.45) is 6.33. The van der Waals surface area contributed by atoms with Crippen molar-refractivity contribution < 1.29 is 0 Å². The fourth-order valence-corrected chi connectivity index (χ4v) is 1.81. The quantitative estimate of drug-likeness (QED) is 0.785. The number of aromatic amines is 1. The van der Waals surface area contributed by atoms with Gasteiger partial charge in [0, 0.05) is 29.0 Å². The Kier molecular flexibility index (Phi) is 2.53. The maximum atomic E-state index is 4.48. The van der Waals surface area contributed by atoms with Crippen molar-refractivity contribution >= 4 is 10.9 Å².